The van der Waals surface area contributed by atoms with E-state index in [0.29, 0.717) is 16.9 Å². The monoisotopic (exact) mass is 390 g/mol. The molecule has 0 atom stereocenters. The number of aryl methyl sites for hydroxylation is 1. The molecule has 0 aliphatic rings. The Morgan fingerprint density at radius 3 is 2.33 bits per heavy atom. The van der Waals surface area contributed by atoms with Crippen LogP contribution in [-0.4, -0.2) is 39.7 Å². The summed E-state index contributed by atoms with van der Waals surface area (Å²) >= 11 is 0. The molecule has 0 bridgehead atoms. The van der Waals surface area contributed by atoms with Crippen molar-refractivity contribution in [3.05, 3.63) is 59.7 Å². The van der Waals surface area contributed by atoms with Gasteiger partial charge in [-0.2, -0.15) is 0 Å². The summed E-state index contributed by atoms with van der Waals surface area (Å²) < 4.78 is 30.2. The number of sulfonamides is 1. The second-order valence-electron chi connectivity index (χ2n) is 5.95. The van der Waals surface area contributed by atoms with Crippen LogP contribution < -0.4 is 9.62 Å². The van der Waals surface area contributed by atoms with Crippen molar-refractivity contribution in [2.45, 2.75) is 13.8 Å². The molecule has 0 radical (unpaired) electrons. The molecule has 0 aliphatic carbocycles. The van der Waals surface area contributed by atoms with Crippen molar-refractivity contribution in [2.24, 2.45) is 0 Å². The van der Waals surface area contributed by atoms with Crippen LogP contribution in [0.1, 0.15) is 22.8 Å². The van der Waals surface area contributed by atoms with Crippen LogP contribution in [0, 0.1) is 6.92 Å². The van der Waals surface area contributed by atoms with Crippen LogP contribution in [0.5, 0.6) is 0 Å². The number of rotatable bonds is 7. The van der Waals surface area contributed by atoms with Gasteiger partial charge in [0, 0.05) is 5.69 Å². The summed E-state index contributed by atoms with van der Waals surface area (Å²) in [5.41, 5.74) is 2.12. The van der Waals surface area contributed by atoms with E-state index in [4.69, 9.17) is 4.74 Å². The van der Waals surface area contributed by atoms with Gasteiger partial charge in [0.1, 0.15) is 6.54 Å². The summed E-state index contributed by atoms with van der Waals surface area (Å²) in [6, 6.07) is 13.1. The van der Waals surface area contributed by atoms with Crippen LogP contribution >= 0.6 is 0 Å². The van der Waals surface area contributed by atoms with Crippen LogP contribution in [0.2, 0.25) is 0 Å². The molecule has 0 fully saturated rings. The zero-order valence-corrected chi connectivity index (χ0v) is 16.2. The van der Waals surface area contributed by atoms with E-state index in [9.17, 15) is 18.0 Å². The molecule has 2 rings (SSSR count). The van der Waals surface area contributed by atoms with Crippen molar-refractivity contribution in [2.75, 3.05) is 29.0 Å². The molecule has 8 heteroatoms. The first-order chi connectivity index (χ1) is 12.7. The number of nitrogens with one attached hydrogen (secondary N) is 1. The van der Waals surface area contributed by atoms with Gasteiger partial charge in [-0.25, -0.2) is 13.2 Å². The molecule has 7 nitrogen and oxygen atoms in total. The van der Waals surface area contributed by atoms with Crippen molar-refractivity contribution in [3.8, 4) is 0 Å². The highest BCUT2D eigenvalue weighted by molar-refractivity contribution is 7.92. The second-order valence-corrected chi connectivity index (χ2v) is 7.86. The largest absolute Gasteiger partial charge is 0.462 e. The fraction of sp³-hybridized carbons (Fsp3) is 0.263. The summed E-state index contributed by atoms with van der Waals surface area (Å²) in [5.74, 6) is -0.941. The molecule has 0 saturated heterocycles. The molecular weight excluding hydrogens is 368 g/mol. The quantitative estimate of drug-likeness (QED) is 0.734. The number of hydrogen-bond donors (Lipinski definition) is 1. The minimum absolute atomic E-state index is 0.275. The summed E-state index contributed by atoms with van der Waals surface area (Å²) in [6.45, 7) is 3.48. The zero-order chi connectivity index (χ0) is 20.0. The number of benzene rings is 2. The van der Waals surface area contributed by atoms with Gasteiger partial charge in [0.05, 0.1) is 24.1 Å². The molecule has 144 valence electrons. The first-order valence-electron chi connectivity index (χ1n) is 8.32. The van der Waals surface area contributed by atoms with Crippen LogP contribution in [0.15, 0.2) is 48.5 Å². The van der Waals surface area contributed by atoms with Crippen LogP contribution in [0.3, 0.4) is 0 Å². The summed E-state index contributed by atoms with van der Waals surface area (Å²) in [4.78, 5) is 24.0. The number of anilines is 2. The topological polar surface area (TPSA) is 92.8 Å². The van der Waals surface area contributed by atoms with Gasteiger partial charge in [-0.15, -0.1) is 0 Å². The summed E-state index contributed by atoms with van der Waals surface area (Å²) in [5, 5.41) is 2.63. The van der Waals surface area contributed by atoms with E-state index in [0.717, 1.165) is 16.1 Å². The first-order valence-corrected chi connectivity index (χ1v) is 10.2. The Kier molecular flexibility index (Phi) is 6.57. The fourth-order valence-corrected chi connectivity index (χ4v) is 3.27. The Bertz CT molecular complexity index is 923. The highest BCUT2D eigenvalue weighted by Gasteiger charge is 2.21. The van der Waals surface area contributed by atoms with Gasteiger partial charge in [-0.3, -0.25) is 9.10 Å². The molecule has 0 spiro atoms. The Hall–Kier alpha value is -2.87. The fourth-order valence-electron chi connectivity index (χ4n) is 2.42. The molecular formula is C19H22N2O5S. The number of nitrogens with zero attached hydrogens (tertiary/aromatic N) is 1. The molecule has 2 aromatic carbocycles. The summed E-state index contributed by atoms with van der Waals surface area (Å²) in [7, 11) is -3.64. The predicted octanol–water partition coefficient (Wildman–Crippen LogP) is 2.58. The second kappa shape index (κ2) is 8.68. The minimum atomic E-state index is -3.64. The van der Waals surface area contributed by atoms with Gasteiger partial charge in [0.25, 0.3) is 0 Å². The first kappa shape index (κ1) is 20.4. The molecule has 2 aromatic rings. The van der Waals surface area contributed by atoms with Crippen molar-refractivity contribution < 1.29 is 22.7 Å². The highest BCUT2D eigenvalue weighted by atomic mass is 32.2. The lowest BCUT2D eigenvalue weighted by Gasteiger charge is -2.22. The van der Waals surface area contributed by atoms with E-state index < -0.39 is 21.9 Å². The predicted molar refractivity (Wildman–Crippen MR) is 104 cm³/mol. The Morgan fingerprint density at radius 2 is 1.78 bits per heavy atom. The molecule has 27 heavy (non-hydrogen) atoms. The van der Waals surface area contributed by atoms with Gasteiger partial charge in [0.2, 0.25) is 15.9 Å². The Morgan fingerprint density at radius 1 is 1.11 bits per heavy atom. The summed E-state index contributed by atoms with van der Waals surface area (Å²) in [6.07, 6.45) is 1.05. The molecule has 0 saturated carbocycles. The Balaban J connectivity index is 2.11. The smallest absolute Gasteiger partial charge is 0.338 e. The number of esters is 1. The molecule has 1 N–H and O–H groups in total. The number of carbonyl (C=O) groups excluding carboxylic acids is 2. The Labute approximate surface area is 159 Å². The molecule has 0 aliphatic heterocycles. The van der Waals surface area contributed by atoms with Gasteiger partial charge in [-0.1, -0.05) is 12.1 Å². The maximum absolute atomic E-state index is 12.3. The number of hydrogen-bond acceptors (Lipinski definition) is 5. The van der Waals surface area contributed by atoms with Crippen LogP contribution in [-0.2, 0) is 19.6 Å². The van der Waals surface area contributed by atoms with Gasteiger partial charge in [-0.05, 0) is 55.8 Å². The third-order valence-electron chi connectivity index (χ3n) is 3.66. The van der Waals surface area contributed by atoms with E-state index >= 15 is 0 Å². The van der Waals surface area contributed by atoms with Crippen molar-refractivity contribution in [3.63, 3.8) is 0 Å². The third kappa shape index (κ3) is 5.82. The van der Waals surface area contributed by atoms with Crippen molar-refractivity contribution in [1.82, 2.24) is 0 Å². The minimum Gasteiger partial charge on any atom is -0.462 e. The number of amides is 1. The zero-order valence-electron chi connectivity index (χ0n) is 15.4. The van der Waals surface area contributed by atoms with E-state index in [1.54, 1.807) is 37.3 Å². The highest BCUT2D eigenvalue weighted by Crippen LogP contribution is 2.19. The molecule has 0 unspecified atom stereocenters. The van der Waals surface area contributed by atoms with Gasteiger partial charge in [0.15, 0.2) is 0 Å². The van der Waals surface area contributed by atoms with E-state index in [2.05, 4.69) is 5.32 Å². The van der Waals surface area contributed by atoms with Crippen molar-refractivity contribution in [1.29, 1.82) is 0 Å². The van der Waals surface area contributed by atoms with Crippen LogP contribution in [0.25, 0.3) is 0 Å². The SMILES string of the molecule is CCOC(=O)c1ccc(NC(=O)CN(c2cccc(C)c2)S(C)(=O)=O)cc1. The lowest BCUT2D eigenvalue weighted by atomic mass is 10.2. The third-order valence-corrected chi connectivity index (χ3v) is 4.80. The average molecular weight is 390 g/mol. The van der Waals surface area contributed by atoms with E-state index in [1.807, 2.05) is 13.0 Å². The number of ether oxygens (including phenoxy) is 1. The van der Waals surface area contributed by atoms with E-state index in [-0.39, 0.29) is 13.2 Å². The standard InChI is InChI=1S/C19H22N2O5S/c1-4-26-19(23)15-8-10-16(11-9-15)20-18(22)13-21(27(3,24)25)17-7-5-6-14(2)12-17/h5-12H,4,13H2,1-3H3,(H,20,22). The maximum Gasteiger partial charge on any atom is 0.338 e. The number of carbonyl (C=O) groups is 2. The van der Waals surface area contributed by atoms with E-state index in [1.165, 1.54) is 12.1 Å². The van der Waals surface area contributed by atoms with Crippen molar-refractivity contribution >= 4 is 33.3 Å². The van der Waals surface area contributed by atoms with Gasteiger partial charge >= 0.3 is 5.97 Å². The normalized spacial score (nSPS) is 10.9. The van der Waals surface area contributed by atoms with Crippen LogP contribution in [0.4, 0.5) is 11.4 Å². The van der Waals surface area contributed by atoms with Gasteiger partial charge < -0.3 is 10.1 Å². The lowest BCUT2D eigenvalue weighted by Crippen LogP contribution is -2.37. The molecule has 0 heterocycles. The molecule has 1 amide bonds. The maximum atomic E-state index is 12.3. The average Bonchev–Trinajstić information content (AvgIpc) is 2.59. The lowest BCUT2D eigenvalue weighted by molar-refractivity contribution is -0.114. The molecule has 0 aromatic heterocycles.